The molecule has 1 heterocycles. The summed E-state index contributed by atoms with van der Waals surface area (Å²) in [7, 11) is 0. The molecule has 1 rings (SSSR count). The van der Waals surface area contributed by atoms with Gasteiger partial charge in [-0.25, -0.2) is 9.37 Å². The van der Waals surface area contributed by atoms with E-state index in [0.29, 0.717) is 6.29 Å². The molecule has 12 heavy (non-hydrogen) atoms. The third-order valence-electron chi connectivity index (χ3n) is 1.04. The second-order valence-electron chi connectivity index (χ2n) is 1.75. The molecule has 2 N–H and O–H groups in total. The van der Waals surface area contributed by atoms with Crippen LogP contribution in [0.15, 0.2) is 12.3 Å². The molecule has 1 aromatic heterocycles. The summed E-state index contributed by atoms with van der Waals surface area (Å²) in [6.07, 6.45) is 1.42. The summed E-state index contributed by atoms with van der Waals surface area (Å²) in [6.45, 7) is 4.00. The first-order valence-corrected chi connectivity index (χ1v) is 3.60. The molecule has 0 aliphatic rings. The molecule has 0 spiro atoms. The van der Waals surface area contributed by atoms with Crippen LogP contribution < -0.4 is 5.73 Å². The number of aromatic nitrogens is 1. The maximum Gasteiger partial charge on any atom is 0.153 e. The molecule has 3 nitrogen and oxygen atoms in total. The molecule has 0 atom stereocenters. The highest BCUT2D eigenvalue weighted by molar-refractivity contribution is 5.81. The Morgan fingerprint density at radius 2 is 2.17 bits per heavy atom. The number of carbonyl (C=O) groups is 1. The first-order valence-electron chi connectivity index (χ1n) is 3.60. The van der Waals surface area contributed by atoms with Crippen molar-refractivity contribution in [2.24, 2.45) is 0 Å². The lowest BCUT2D eigenvalue weighted by Gasteiger charge is -1.94. The molecule has 66 valence electrons. The maximum absolute atomic E-state index is 12.3. The molecule has 1 aromatic rings. The molecular weight excluding hydrogens is 159 g/mol. The summed E-state index contributed by atoms with van der Waals surface area (Å²) >= 11 is 0. The molecule has 0 radical (unpaired) electrons. The topological polar surface area (TPSA) is 56.0 Å². The van der Waals surface area contributed by atoms with E-state index in [4.69, 9.17) is 5.73 Å². The lowest BCUT2D eigenvalue weighted by molar-refractivity contribution is 0.112. The summed E-state index contributed by atoms with van der Waals surface area (Å²) in [4.78, 5) is 13.5. The number of carbonyl (C=O) groups excluding carboxylic acids is 1. The summed E-state index contributed by atoms with van der Waals surface area (Å²) in [5.41, 5.74) is 5.27. The largest absolute Gasteiger partial charge is 0.383 e. The monoisotopic (exact) mass is 170 g/mol. The van der Waals surface area contributed by atoms with Gasteiger partial charge in [-0.1, -0.05) is 13.8 Å². The third-order valence-corrected chi connectivity index (χ3v) is 1.04. The van der Waals surface area contributed by atoms with E-state index in [1.807, 2.05) is 13.8 Å². The number of hydrogen-bond acceptors (Lipinski definition) is 3. The Morgan fingerprint density at radius 1 is 1.58 bits per heavy atom. The van der Waals surface area contributed by atoms with Gasteiger partial charge in [0, 0.05) is 0 Å². The zero-order valence-electron chi connectivity index (χ0n) is 7.04. The minimum absolute atomic E-state index is 0.0522. The Labute approximate surface area is 70.4 Å². The van der Waals surface area contributed by atoms with Crippen molar-refractivity contribution in [3.63, 3.8) is 0 Å². The van der Waals surface area contributed by atoms with Crippen molar-refractivity contribution < 1.29 is 9.18 Å². The Hall–Kier alpha value is -1.45. The minimum Gasteiger partial charge on any atom is -0.383 e. The first kappa shape index (κ1) is 10.6. The number of halogens is 1. The van der Waals surface area contributed by atoms with Crippen LogP contribution in [-0.4, -0.2) is 11.3 Å². The second-order valence-corrected chi connectivity index (χ2v) is 1.75. The van der Waals surface area contributed by atoms with Crippen molar-refractivity contribution in [3.8, 4) is 0 Å². The maximum atomic E-state index is 12.3. The Balaban J connectivity index is 0.000000561. The van der Waals surface area contributed by atoms with Crippen LogP contribution in [0, 0.1) is 5.82 Å². The molecule has 0 saturated carbocycles. The van der Waals surface area contributed by atoms with E-state index in [1.54, 1.807) is 0 Å². The Kier molecular flexibility index (Phi) is 4.60. The average Bonchev–Trinajstić information content (AvgIpc) is 2.13. The van der Waals surface area contributed by atoms with Crippen LogP contribution in [-0.2, 0) is 0 Å². The predicted molar refractivity (Wildman–Crippen MR) is 45.3 cm³/mol. The average molecular weight is 170 g/mol. The van der Waals surface area contributed by atoms with Crippen molar-refractivity contribution >= 4 is 12.1 Å². The highest BCUT2D eigenvalue weighted by Crippen LogP contribution is 2.05. The number of nitrogen functional groups attached to an aromatic ring is 1. The van der Waals surface area contributed by atoms with E-state index in [-0.39, 0.29) is 11.4 Å². The van der Waals surface area contributed by atoms with Crippen molar-refractivity contribution in [1.29, 1.82) is 0 Å². The van der Waals surface area contributed by atoms with Gasteiger partial charge in [0.15, 0.2) is 6.29 Å². The first-order chi connectivity index (χ1) is 5.74. The van der Waals surface area contributed by atoms with Crippen LogP contribution in [0.5, 0.6) is 0 Å². The van der Waals surface area contributed by atoms with Crippen LogP contribution in [0.3, 0.4) is 0 Å². The van der Waals surface area contributed by atoms with E-state index < -0.39 is 5.82 Å². The van der Waals surface area contributed by atoms with Gasteiger partial charge in [-0.3, -0.25) is 4.79 Å². The zero-order valence-corrected chi connectivity index (χ0v) is 7.04. The molecule has 0 aliphatic carbocycles. The molecule has 0 amide bonds. The fourth-order valence-corrected chi connectivity index (χ4v) is 0.560. The minimum atomic E-state index is -0.559. The molecule has 0 saturated heterocycles. The quantitative estimate of drug-likeness (QED) is 0.652. The van der Waals surface area contributed by atoms with Crippen LogP contribution in [0.1, 0.15) is 24.2 Å². The number of nitrogens with zero attached hydrogens (tertiary/aromatic N) is 1. The standard InChI is InChI=1S/C6H5FN2O.C2H6/c7-5-1-4(3-10)6(8)9-2-5;1-2/h1-3H,(H2,8,9);1-2H3. The van der Waals surface area contributed by atoms with Gasteiger partial charge in [0.1, 0.15) is 11.6 Å². The van der Waals surface area contributed by atoms with E-state index in [9.17, 15) is 9.18 Å². The Morgan fingerprint density at radius 3 is 2.58 bits per heavy atom. The normalized spacial score (nSPS) is 8.25. The van der Waals surface area contributed by atoms with Crippen LogP contribution in [0.25, 0.3) is 0 Å². The van der Waals surface area contributed by atoms with Gasteiger partial charge in [0.2, 0.25) is 0 Å². The van der Waals surface area contributed by atoms with Crippen LogP contribution in [0.4, 0.5) is 10.2 Å². The molecule has 0 aromatic carbocycles. The highest BCUT2D eigenvalue weighted by Gasteiger charge is 1.98. The van der Waals surface area contributed by atoms with Crippen molar-refractivity contribution in [2.75, 3.05) is 5.73 Å². The van der Waals surface area contributed by atoms with Crippen molar-refractivity contribution in [2.45, 2.75) is 13.8 Å². The smallest absolute Gasteiger partial charge is 0.153 e. The highest BCUT2D eigenvalue weighted by atomic mass is 19.1. The van der Waals surface area contributed by atoms with E-state index in [1.165, 1.54) is 0 Å². The summed E-state index contributed by atoms with van der Waals surface area (Å²) in [5, 5.41) is 0. The number of pyridine rings is 1. The lowest BCUT2D eigenvalue weighted by atomic mass is 10.3. The zero-order chi connectivity index (χ0) is 9.56. The summed E-state index contributed by atoms with van der Waals surface area (Å²) in [5.74, 6) is -0.507. The van der Waals surface area contributed by atoms with Gasteiger partial charge in [0.25, 0.3) is 0 Å². The third kappa shape index (κ3) is 2.65. The number of rotatable bonds is 1. The summed E-state index contributed by atoms with van der Waals surface area (Å²) < 4.78 is 12.3. The van der Waals surface area contributed by atoms with Crippen LogP contribution in [0.2, 0.25) is 0 Å². The Bertz CT molecular complexity index is 263. The van der Waals surface area contributed by atoms with Gasteiger partial charge in [-0.2, -0.15) is 0 Å². The number of nitrogens with two attached hydrogens (primary N) is 1. The van der Waals surface area contributed by atoms with E-state index in [2.05, 4.69) is 4.98 Å². The van der Waals surface area contributed by atoms with Gasteiger partial charge in [0.05, 0.1) is 11.8 Å². The lowest BCUT2D eigenvalue weighted by Crippen LogP contribution is -1.96. The van der Waals surface area contributed by atoms with Gasteiger partial charge >= 0.3 is 0 Å². The number of hydrogen-bond donors (Lipinski definition) is 1. The molecule has 0 fully saturated rings. The number of anilines is 1. The van der Waals surface area contributed by atoms with Gasteiger partial charge in [-0.05, 0) is 6.07 Å². The fraction of sp³-hybridized carbons (Fsp3) is 0.250. The van der Waals surface area contributed by atoms with E-state index in [0.717, 1.165) is 12.3 Å². The SMILES string of the molecule is CC.Nc1ncc(F)cc1C=O. The van der Waals surface area contributed by atoms with Crippen molar-refractivity contribution in [1.82, 2.24) is 4.98 Å². The van der Waals surface area contributed by atoms with Crippen molar-refractivity contribution in [3.05, 3.63) is 23.6 Å². The second kappa shape index (κ2) is 5.23. The fourth-order valence-electron chi connectivity index (χ4n) is 0.560. The van der Waals surface area contributed by atoms with E-state index >= 15 is 0 Å². The summed E-state index contributed by atoms with van der Waals surface area (Å²) in [6, 6.07) is 1.04. The van der Waals surface area contributed by atoms with Gasteiger partial charge in [-0.15, -0.1) is 0 Å². The predicted octanol–water partition coefficient (Wildman–Crippen LogP) is 1.64. The molecular formula is C8H11FN2O. The van der Waals surface area contributed by atoms with Gasteiger partial charge < -0.3 is 5.73 Å². The number of aldehydes is 1. The van der Waals surface area contributed by atoms with Crippen LogP contribution >= 0.6 is 0 Å². The molecule has 4 heteroatoms. The molecule has 0 unspecified atom stereocenters. The molecule has 0 aliphatic heterocycles. The molecule has 0 bridgehead atoms.